The average molecular weight is 306 g/mol. The van der Waals surface area contributed by atoms with Gasteiger partial charge in [-0.25, -0.2) is 0 Å². The highest BCUT2D eigenvalue weighted by Crippen LogP contribution is 2.19. The number of carbonyl (C=O) groups is 1. The van der Waals surface area contributed by atoms with Gasteiger partial charge in [-0.2, -0.15) is 0 Å². The monoisotopic (exact) mass is 306 g/mol. The molecule has 1 aromatic carbocycles. The zero-order valence-electron chi connectivity index (χ0n) is 12.0. The molecule has 0 aliphatic carbocycles. The second-order valence-corrected chi connectivity index (χ2v) is 5.57. The maximum Gasteiger partial charge on any atom is 0.265 e. The van der Waals surface area contributed by atoms with Crippen molar-refractivity contribution in [2.24, 2.45) is 0 Å². The van der Waals surface area contributed by atoms with Crippen LogP contribution in [-0.2, 0) is 0 Å². The number of anilines is 1. The molecule has 0 saturated carbocycles. The molecular weight excluding hydrogens is 288 g/mol. The molecule has 21 heavy (non-hydrogen) atoms. The molecule has 0 fully saturated rings. The Hall–Kier alpha value is -2.15. The third-order valence-electron chi connectivity index (χ3n) is 2.78. The minimum absolute atomic E-state index is 0.162. The highest BCUT2D eigenvalue weighted by molar-refractivity contribution is 7.08. The Morgan fingerprint density at radius 2 is 2.29 bits per heavy atom. The number of nitrogen functional groups attached to an aromatic ring is 1. The first-order valence-electron chi connectivity index (χ1n) is 6.66. The van der Waals surface area contributed by atoms with Crippen molar-refractivity contribution in [1.82, 2.24) is 14.9 Å². The number of ether oxygens (including phenoxy) is 1. The van der Waals surface area contributed by atoms with Crippen LogP contribution in [0.1, 0.15) is 35.1 Å². The molecular formula is C14H18N4O2S. The summed E-state index contributed by atoms with van der Waals surface area (Å²) in [6.07, 6.45) is 0. The zero-order chi connectivity index (χ0) is 15.2. The number of nitrogens with two attached hydrogens (primary N) is 1. The maximum atomic E-state index is 12.0. The van der Waals surface area contributed by atoms with Crippen LogP contribution in [0.2, 0.25) is 0 Å². The van der Waals surface area contributed by atoms with Gasteiger partial charge in [0.1, 0.15) is 17.2 Å². The lowest BCUT2D eigenvalue weighted by molar-refractivity contribution is 0.0949. The lowest BCUT2D eigenvalue weighted by Gasteiger charge is -2.08. The van der Waals surface area contributed by atoms with E-state index in [0.29, 0.717) is 29.5 Å². The number of amides is 1. The molecule has 0 unspecified atom stereocenters. The molecule has 1 amide bonds. The normalized spacial score (nSPS) is 10.6. The topological polar surface area (TPSA) is 90.1 Å². The van der Waals surface area contributed by atoms with E-state index < -0.39 is 0 Å². The van der Waals surface area contributed by atoms with Gasteiger partial charge in [0.2, 0.25) is 0 Å². The molecule has 7 heteroatoms. The Morgan fingerprint density at radius 1 is 1.48 bits per heavy atom. The maximum absolute atomic E-state index is 12.0. The van der Waals surface area contributed by atoms with E-state index in [-0.39, 0.29) is 11.8 Å². The average Bonchev–Trinajstić information content (AvgIpc) is 2.93. The van der Waals surface area contributed by atoms with E-state index in [0.717, 1.165) is 17.2 Å². The summed E-state index contributed by atoms with van der Waals surface area (Å²) in [6.45, 7) is 4.74. The first kappa shape index (κ1) is 15.2. The lowest BCUT2D eigenvalue weighted by Crippen LogP contribution is -2.28. The summed E-state index contributed by atoms with van der Waals surface area (Å²) in [7, 11) is 0. The second-order valence-electron chi connectivity index (χ2n) is 4.82. The molecule has 0 atom stereocenters. The molecule has 0 saturated heterocycles. The van der Waals surface area contributed by atoms with Crippen LogP contribution in [0, 0.1) is 0 Å². The van der Waals surface area contributed by atoms with Crippen LogP contribution in [-0.4, -0.2) is 28.6 Å². The van der Waals surface area contributed by atoms with Gasteiger partial charge in [-0.1, -0.05) is 24.4 Å². The zero-order valence-corrected chi connectivity index (χ0v) is 12.8. The van der Waals surface area contributed by atoms with Crippen LogP contribution in [0.3, 0.4) is 0 Å². The van der Waals surface area contributed by atoms with Crippen molar-refractivity contribution in [1.29, 1.82) is 0 Å². The van der Waals surface area contributed by atoms with Crippen molar-refractivity contribution in [3.05, 3.63) is 34.8 Å². The van der Waals surface area contributed by atoms with Crippen molar-refractivity contribution in [2.75, 3.05) is 18.9 Å². The summed E-state index contributed by atoms with van der Waals surface area (Å²) < 4.78 is 9.35. The van der Waals surface area contributed by atoms with E-state index in [1.54, 1.807) is 12.1 Å². The van der Waals surface area contributed by atoms with Crippen molar-refractivity contribution in [2.45, 2.75) is 19.8 Å². The van der Waals surface area contributed by atoms with Gasteiger partial charge in [-0.05, 0) is 29.6 Å². The molecule has 3 N–H and O–H groups in total. The summed E-state index contributed by atoms with van der Waals surface area (Å²) in [5.41, 5.74) is 7.04. The molecule has 1 heterocycles. The number of rotatable bonds is 6. The van der Waals surface area contributed by atoms with Crippen LogP contribution in [0.4, 0.5) is 5.69 Å². The van der Waals surface area contributed by atoms with Gasteiger partial charge in [-0.3, -0.25) is 4.79 Å². The lowest BCUT2D eigenvalue weighted by atomic mass is 10.1. The first-order valence-corrected chi connectivity index (χ1v) is 7.44. The highest BCUT2D eigenvalue weighted by Gasteiger charge is 2.18. The van der Waals surface area contributed by atoms with Gasteiger partial charge >= 0.3 is 0 Å². The summed E-state index contributed by atoms with van der Waals surface area (Å²) in [5.74, 6) is 0.699. The third kappa shape index (κ3) is 4.16. The van der Waals surface area contributed by atoms with E-state index >= 15 is 0 Å². The highest BCUT2D eigenvalue weighted by atomic mass is 32.1. The molecule has 2 rings (SSSR count). The van der Waals surface area contributed by atoms with Crippen molar-refractivity contribution in [3.8, 4) is 5.75 Å². The van der Waals surface area contributed by atoms with Crippen molar-refractivity contribution >= 4 is 23.1 Å². The van der Waals surface area contributed by atoms with Crippen LogP contribution < -0.4 is 15.8 Å². The Kier molecular flexibility index (Phi) is 5.10. The van der Waals surface area contributed by atoms with Gasteiger partial charge in [0, 0.05) is 11.8 Å². The fourth-order valence-corrected chi connectivity index (χ4v) is 2.49. The smallest absolute Gasteiger partial charge is 0.265 e. The van der Waals surface area contributed by atoms with E-state index in [2.05, 4.69) is 14.9 Å². The molecule has 0 aliphatic heterocycles. The molecule has 2 aromatic rings. The molecule has 6 nitrogen and oxygen atoms in total. The van der Waals surface area contributed by atoms with Gasteiger partial charge in [0.25, 0.3) is 5.91 Å². The minimum Gasteiger partial charge on any atom is -0.492 e. The number of nitrogens with zero attached hydrogens (tertiary/aromatic N) is 2. The number of nitrogens with one attached hydrogen (secondary N) is 1. The van der Waals surface area contributed by atoms with Crippen LogP contribution in [0.5, 0.6) is 5.75 Å². The summed E-state index contributed by atoms with van der Waals surface area (Å²) in [6, 6.07) is 7.17. The van der Waals surface area contributed by atoms with Gasteiger partial charge in [0.05, 0.1) is 12.2 Å². The van der Waals surface area contributed by atoms with E-state index in [9.17, 15) is 4.79 Å². The number of hydrogen-bond acceptors (Lipinski definition) is 6. The Labute approximate surface area is 127 Å². The van der Waals surface area contributed by atoms with E-state index in [4.69, 9.17) is 10.5 Å². The molecule has 112 valence electrons. The number of hydrogen-bond donors (Lipinski definition) is 2. The Balaban J connectivity index is 1.81. The Morgan fingerprint density at radius 3 is 3.00 bits per heavy atom. The minimum atomic E-state index is -0.162. The largest absolute Gasteiger partial charge is 0.492 e. The van der Waals surface area contributed by atoms with Crippen LogP contribution in [0.15, 0.2) is 24.3 Å². The summed E-state index contributed by atoms with van der Waals surface area (Å²) in [5, 5.41) is 6.79. The molecule has 1 aromatic heterocycles. The van der Waals surface area contributed by atoms with Crippen molar-refractivity contribution < 1.29 is 9.53 Å². The van der Waals surface area contributed by atoms with Gasteiger partial charge < -0.3 is 15.8 Å². The SMILES string of the molecule is CC(C)c1nnsc1C(=O)NCCOc1cccc(N)c1. The van der Waals surface area contributed by atoms with Crippen molar-refractivity contribution in [3.63, 3.8) is 0 Å². The molecule has 0 radical (unpaired) electrons. The van der Waals surface area contributed by atoms with E-state index in [1.807, 2.05) is 26.0 Å². The predicted molar refractivity (Wildman–Crippen MR) is 82.7 cm³/mol. The fourth-order valence-electron chi connectivity index (χ4n) is 1.75. The van der Waals surface area contributed by atoms with Crippen LogP contribution in [0.25, 0.3) is 0 Å². The molecule has 0 bridgehead atoms. The molecule has 0 spiro atoms. The first-order chi connectivity index (χ1) is 10.1. The quantitative estimate of drug-likeness (QED) is 0.629. The standard InChI is InChI=1S/C14H18N4O2S/c1-9(2)12-13(21-18-17-12)14(19)16-6-7-20-11-5-3-4-10(15)8-11/h3-5,8-9H,6-7,15H2,1-2H3,(H,16,19). The predicted octanol–water partition coefficient (Wildman–Crippen LogP) is 2.05. The molecule has 0 aliphatic rings. The number of aromatic nitrogens is 2. The summed E-state index contributed by atoms with van der Waals surface area (Å²) >= 11 is 1.11. The van der Waals surface area contributed by atoms with Gasteiger partial charge in [-0.15, -0.1) is 5.10 Å². The van der Waals surface area contributed by atoms with Crippen LogP contribution >= 0.6 is 11.5 Å². The van der Waals surface area contributed by atoms with E-state index in [1.165, 1.54) is 0 Å². The Bertz CT molecular complexity index is 613. The third-order valence-corrected chi connectivity index (χ3v) is 3.52. The number of benzene rings is 1. The van der Waals surface area contributed by atoms with Gasteiger partial charge in [0.15, 0.2) is 0 Å². The summed E-state index contributed by atoms with van der Waals surface area (Å²) in [4.78, 5) is 12.6. The fraction of sp³-hybridized carbons (Fsp3) is 0.357. The second kappa shape index (κ2) is 7.03. The number of carbonyl (C=O) groups excluding carboxylic acids is 1.